The molecule has 2 rings (SSSR count). The quantitative estimate of drug-likeness (QED) is 0.267. The van der Waals surface area contributed by atoms with Crippen LogP contribution in [0.3, 0.4) is 0 Å². The zero-order valence-corrected chi connectivity index (χ0v) is 23.5. The van der Waals surface area contributed by atoms with E-state index in [-0.39, 0.29) is 6.61 Å². The molecule has 1 N–H and O–H groups in total. The van der Waals surface area contributed by atoms with Crippen molar-refractivity contribution in [3.8, 4) is 0 Å². The first-order valence-corrected chi connectivity index (χ1v) is 12.4. The van der Waals surface area contributed by atoms with E-state index in [0.717, 1.165) is 28.4 Å². The number of benzene rings is 1. The minimum Gasteiger partial charge on any atom is -0.391 e. The molecule has 0 spiro atoms. The number of aryl methyl sites for hydroxylation is 1. The molecule has 1 saturated carbocycles. The number of rotatable bonds is 4. The molecule has 188 valence electrons. The van der Waals surface area contributed by atoms with Gasteiger partial charge in [0.05, 0.1) is 6.61 Å². The zero-order chi connectivity index (χ0) is 26.4. The Morgan fingerprint density at radius 1 is 1.21 bits per heavy atom. The molecule has 0 bridgehead atoms. The number of aliphatic hydroxyl groups excluding tert-OH is 1. The molecule has 0 aromatic heterocycles. The molecule has 1 aromatic carbocycles. The summed E-state index contributed by atoms with van der Waals surface area (Å²) in [4.78, 5) is 8.81. The molecule has 0 aliphatic heterocycles. The predicted octanol–water partition coefficient (Wildman–Crippen LogP) is 9.40. The number of allylic oxidation sites excluding steroid dienone is 3. The molecule has 1 aliphatic rings. The lowest BCUT2D eigenvalue weighted by atomic mass is 9.99. The standard InChI is InChI=1S/C15H19Cl.C7H12O.C4H8.C2H4O.C2H6/c1-11-7-8-14(10-15(11)16)12(2)9-13-5-3-4-6-13;1-4-7(5-8)6(2)3;1-4(2)3;1-2-3;1-2/h7-10,13H,3-6H2,1-2H3;6,8H,1,5H2,2-3H3;1H2,2-3H3;2H,1H3;1-2H3/b12-9+;;;;. The van der Waals surface area contributed by atoms with E-state index in [1.54, 1.807) is 0 Å². The SMILES string of the molecule is C/C(=C\C1CCCC1)c1ccc(C)c(Cl)c1.C=C(C)C.C=C=C(CO)C(C)C.CC.CC=O. The van der Waals surface area contributed by atoms with Crippen LogP contribution < -0.4 is 0 Å². The summed E-state index contributed by atoms with van der Waals surface area (Å²) in [7, 11) is 0. The molecule has 3 heteroatoms. The first-order valence-electron chi connectivity index (χ1n) is 12.0. The van der Waals surface area contributed by atoms with Gasteiger partial charge in [-0.3, -0.25) is 0 Å². The summed E-state index contributed by atoms with van der Waals surface area (Å²) in [5.74, 6) is 1.16. The maximum absolute atomic E-state index is 8.81. The average molecular weight is 477 g/mol. The van der Waals surface area contributed by atoms with Gasteiger partial charge in [0.2, 0.25) is 0 Å². The molecule has 1 fully saturated rings. The van der Waals surface area contributed by atoms with Crippen LogP contribution in [0.2, 0.25) is 5.02 Å². The maximum atomic E-state index is 8.81. The number of aliphatic hydroxyl groups is 1. The van der Waals surface area contributed by atoms with Crippen molar-refractivity contribution in [3.05, 3.63) is 70.5 Å². The van der Waals surface area contributed by atoms with Gasteiger partial charge in [-0.2, -0.15) is 0 Å². The van der Waals surface area contributed by atoms with Crippen LogP contribution in [-0.4, -0.2) is 18.0 Å². The van der Waals surface area contributed by atoms with Crippen molar-refractivity contribution >= 4 is 23.5 Å². The zero-order valence-electron chi connectivity index (χ0n) is 22.7. The van der Waals surface area contributed by atoms with Crippen LogP contribution in [0.1, 0.15) is 92.2 Å². The van der Waals surface area contributed by atoms with Gasteiger partial charge >= 0.3 is 0 Å². The van der Waals surface area contributed by atoms with E-state index < -0.39 is 0 Å². The molecular formula is C30H49ClO2. The van der Waals surface area contributed by atoms with Crippen LogP contribution in [0.5, 0.6) is 0 Å². The molecule has 0 unspecified atom stereocenters. The monoisotopic (exact) mass is 476 g/mol. The van der Waals surface area contributed by atoms with Crippen LogP contribution in [0, 0.1) is 18.8 Å². The predicted molar refractivity (Wildman–Crippen MR) is 150 cm³/mol. The van der Waals surface area contributed by atoms with Crippen LogP contribution in [0.25, 0.3) is 5.57 Å². The fourth-order valence-corrected chi connectivity index (χ4v) is 3.04. The van der Waals surface area contributed by atoms with E-state index in [1.807, 2.05) is 48.5 Å². The topological polar surface area (TPSA) is 37.3 Å². The van der Waals surface area contributed by atoms with Gasteiger partial charge in [0.25, 0.3) is 0 Å². The molecule has 0 amide bonds. The van der Waals surface area contributed by atoms with Crippen LogP contribution >= 0.6 is 11.6 Å². The fraction of sp³-hybridized carbons (Fsp3) is 0.533. The van der Waals surface area contributed by atoms with Crippen molar-refractivity contribution in [2.24, 2.45) is 11.8 Å². The summed E-state index contributed by atoms with van der Waals surface area (Å²) in [5.41, 5.74) is 8.50. The number of halogens is 1. The highest BCUT2D eigenvalue weighted by Crippen LogP contribution is 2.30. The van der Waals surface area contributed by atoms with Crippen molar-refractivity contribution in [1.29, 1.82) is 0 Å². The largest absolute Gasteiger partial charge is 0.391 e. The highest BCUT2D eigenvalue weighted by atomic mass is 35.5. The second-order valence-electron chi connectivity index (χ2n) is 8.32. The third-order valence-electron chi connectivity index (χ3n) is 4.61. The van der Waals surface area contributed by atoms with Crippen molar-refractivity contribution in [3.63, 3.8) is 0 Å². The van der Waals surface area contributed by atoms with Gasteiger partial charge < -0.3 is 9.90 Å². The minimum atomic E-state index is 0.0845. The molecular weight excluding hydrogens is 428 g/mol. The summed E-state index contributed by atoms with van der Waals surface area (Å²) in [6, 6.07) is 6.35. The van der Waals surface area contributed by atoms with Gasteiger partial charge in [-0.1, -0.05) is 82.5 Å². The lowest BCUT2D eigenvalue weighted by Gasteiger charge is -2.08. The van der Waals surface area contributed by atoms with Crippen molar-refractivity contribution in [1.82, 2.24) is 0 Å². The van der Waals surface area contributed by atoms with Gasteiger partial charge in [0.1, 0.15) is 6.29 Å². The number of hydrogen-bond donors (Lipinski definition) is 1. The third kappa shape index (κ3) is 20.5. The summed E-state index contributed by atoms with van der Waals surface area (Å²) in [6.45, 7) is 24.7. The van der Waals surface area contributed by atoms with Crippen molar-refractivity contribution in [2.45, 2.75) is 88.0 Å². The van der Waals surface area contributed by atoms with Crippen molar-refractivity contribution in [2.75, 3.05) is 6.61 Å². The van der Waals surface area contributed by atoms with Gasteiger partial charge in [0.15, 0.2) is 0 Å². The third-order valence-corrected chi connectivity index (χ3v) is 5.01. The second-order valence-corrected chi connectivity index (χ2v) is 8.72. The van der Waals surface area contributed by atoms with E-state index in [4.69, 9.17) is 21.5 Å². The van der Waals surface area contributed by atoms with Gasteiger partial charge in [-0.25, -0.2) is 0 Å². The second kappa shape index (κ2) is 23.3. The van der Waals surface area contributed by atoms with E-state index in [0.29, 0.717) is 5.92 Å². The molecule has 33 heavy (non-hydrogen) atoms. The fourth-order valence-electron chi connectivity index (χ4n) is 2.85. The maximum Gasteiger partial charge on any atom is 0.116 e. The van der Waals surface area contributed by atoms with Crippen molar-refractivity contribution < 1.29 is 9.90 Å². The van der Waals surface area contributed by atoms with Crippen LogP contribution in [0.15, 0.2) is 54.3 Å². The molecule has 0 heterocycles. The van der Waals surface area contributed by atoms with E-state index in [9.17, 15) is 0 Å². The Kier molecular flexibility index (Phi) is 25.2. The Hall–Kier alpha value is -1.86. The van der Waals surface area contributed by atoms with Gasteiger partial charge in [0, 0.05) is 5.02 Å². The van der Waals surface area contributed by atoms with Gasteiger partial charge in [-0.05, 0) is 87.6 Å². The molecule has 0 saturated heterocycles. The normalized spacial score (nSPS) is 12.3. The Labute approximate surface area is 210 Å². The summed E-state index contributed by atoms with van der Waals surface area (Å²) in [5, 5.41) is 9.43. The first-order chi connectivity index (χ1) is 15.5. The number of aldehydes is 1. The van der Waals surface area contributed by atoms with Crippen LogP contribution in [0.4, 0.5) is 0 Å². The number of hydrogen-bond acceptors (Lipinski definition) is 2. The minimum absolute atomic E-state index is 0.0845. The molecule has 0 atom stereocenters. The molecule has 1 aromatic rings. The van der Waals surface area contributed by atoms with E-state index >= 15 is 0 Å². The van der Waals surface area contributed by atoms with Gasteiger partial charge in [-0.15, -0.1) is 12.3 Å². The lowest BCUT2D eigenvalue weighted by molar-refractivity contribution is -0.106. The van der Waals surface area contributed by atoms with Crippen LogP contribution in [-0.2, 0) is 4.79 Å². The first kappa shape index (κ1) is 35.7. The summed E-state index contributed by atoms with van der Waals surface area (Å²) in [6.07, 6.45) is 8.67. The molecule has 2 nitrogen and oxygen atoms in total. The van der Waals surface area contributed by atoms with E-state index in [2.05, 4.69) is 50.1 Å². The Bertz CT molecular complexity index is 728. The van der Waals surface area contributed by atoms with E-state index in [1.165, 1.54) is 49.3 Å². The smallest absolute Gasteiger partial charge is 0.116 e. The Balaban J connectivity index is -0.000000445. The summed E-state index contributed by atoms with van der Waals surface area (Å²) < 4.78 is 0. The average Bonchev–Trinajstić information content (AvgIpc) is 3.26. The number of carbonyl (C=O) groups is 1. The Morgan fingerprint density at radius 3 is 1.97 bits per heavy atom. The lowest BCUT2D eigenvalue weighted by Crippen LogP contribution is -1.96. The highest BCUT2D eigenvalue weighted by Gasteiger charge is 2.12. The number of carbonyl (C=O) groups excluding carboxylic acids is 1. The highest BCUT2D eigenvalue weighted by molar-refractivity contribution is 6.31. The molecule has 0 radical (unpaired) electrons. The summed E-state index contributed by atoms with van der Waals surface area (Å²) >= 11 is 6.15. The molecule has 1 aliphatic carbocycles. The Morgan fingerprint density at radius 2 is 1.67 bits per heavy atom.